The predicted octanol–water partition coefficient (Wildman–Crippen LogP) is 5.25. The molecular weight excluding hydrogens is 511 g/mol. The van der Waals surface area contributed by atoms with Gasteiger partial charge in [0.1, 0.15) is 0 Å². The Morgan fingerprint density at radius 1 is 0.949 bits per heavy atom. The van der Waals surface area contributed by atoms with Crippen molar-refractivity contribution in [2.24, 2.45) is 29.6 Å². The molecule has 7 atom stereocenters. The molecule has 8 nitrogen and oxygen atoms in total. The average Bonchev–Trinajstić information content (AvgIpc) is 2.85. The van der Waals surface area contributed by atoms with E-state index in [1.165, 1.54) is 38.5 Å². The van der Waals surface area contributed by atoms with Gasteiger partial charge in [0.25, 0.3) is 5.56 Å². The summed E-state index contributed by atoms with van der Waals surface area (Å²) in [5, 5.41) is 2.94. The summed E-state index contributed by atoms with van der Waals surface area (Å²) in [6.45, 7) is 7.38. The van der Waals surface area contributed by atoms with Gasteiger partial charge in [0, 0.05) is 30.7 Å². The van der Waals surface area contributed by atoms with Gasteiger partial charge >= 0.3 is 7.60 Å². The van der Waals surface area contributed by atoms with Crippen molar-refractivity contribution < 1.29 is 14.4 Å². The van der Waals surface area contributed by atoms with Crippen LogP contribution in [0.25, 0.3) is 11.0 Å². The van der Waals surface area contributed by atoms with Gasteiger partial charge in [-0.15, -0.1) is 0 Å². The van der Waals surface area contributed by atoms with Crippen LogP contribution < -0.4 is 10.9 Å². The molecule has 3 aliphatic carbocycles. The molecule has 1 aromatic heterocycles. The highest BCUT2D eigenvalue weighted by molar-refractivity contribution is 7.51. The first-order valence-corrected chi connectivity index (χ1v) is 17.0. The van der Waals surface area contributed by atoms with Gasteiger partial charge < -0.3 is 19.7 Å². The van der Waals surface area contributed by atoms with E-state index >= 15 is 0 Å². The number of para-hydroxylation sites is 2. The molecule has 1 aromatic carbocycles. The van der Waals surface area contributed by atoms with E-state index in [1.807, 2.05) is 28.8 Å². The van der Waals surface area contributed by atoms with Gasteiger partial charge in [-0.2, -0.15) is 0 Å². The van der Waals surface area contributed by atoms with Crippen molar-refractivity contribution in [1.29, 1.82) is 0 Å². The second-order valence-electron chi connectivity index (χ2n) is 13.3. The molecular formula is C30H45N4O4P. The van der Waals surface area contributed by atoms with Gasteiger partial charge in [-0.1, -0.05) is 32.9 Å². The third-order valence-electron chi connectivity index (χ3n) is 10.9. The lowest BCUT2D eigenvalue weighted by atomic mass is 9.60. The molecule has 3 saturated carbocycles. The highest BCUT2D eigenvalue weighted by Crippen LogP contribution is 2.51. The second kappa shape index (κ2) is 10.6. The number of rotatable bonds is 6. The predicted molar refractivity (Wildman–Crippen MR) is 155 cm³/mol. The van der Waals surface area contributed by atoms with Crippen molar-refractivity contribution in [3.63, 3.8) is 0 Å². The normalized spacial score (nSPS) is 37.1. The number of nitrogens with one attached hydrogen (secondary N) is 1. The van der Waals surface area contributed by atoms with Crippen LogP contribution in [0.4, 0.5) is 5.82 Å². The summed E-state index contributed by atoms with van der Waals surface area (Å²) in [4.78, 5) is 39.9. The molecule has 5 fully saturated rings. The van der Waals surface area contributed by atoms with Crippen molar-refractivity contribution in [3.8, 4) is 0 Å². The van der Waals surface area contributed by atoms with E-state index in [0.717, 1.165) is 47.5 Å². The van der Waals surface area contributed by atoms with E-state index in [2.05, 4.69) is 36.0 Å². The smallest absolute Gasteiger partial charge is 0.327 e. The Hall–Kier alpha value is -1.73. The lowest BCUT2D eigenvalue weighted by Crippen LogP contribution is -2.61. The molecule has 2 aliphatic heterocycles. The number of hydrogen-bond donors (Lipinski definition) is 3. The minimum absolute atomic E-state index is 0.00585. The molecule has 7 rings (SSSR count). The van der Waals surface area contributed by atoms with Crippen LogP contribution in [0.1, 0.15) is 78.2 Å². The Labute approximate surface area is 231 Å². The first-order valence-electron chi connectivity index (χ1n) is 15.2. The van der Waals surface area contributed by atoms with Gasteiger partial charge in [-0.25, -0.2) is 4.98 Å². The Morgan fingerprint density at radius 2 is 1.72 bits per heavy atom. The fourth-order valence-corrected chi connectivity index (χ4v) is 9.02. The number of benzene rings is 1. The van der Waals surface area contributed by atoms with E-state index in [9.17, 15) is 19.1 Å². The molecule has 2 saturated heterocycles. The molecule has 0 amide bonds. The molecule has 5 aliphatic rings. The Kier molecular flexibility index (Phi) is 7.45. The Morgan fingerprint density at radius 3 is 2.49 bits per heavy atom. The summed E-state index contributed by atoms with van der Waals surface area (Å²) in [5.41, 5.74) is 1.40. The van der Waals surface area contributed by atoms with Crippen LogP contribution in [0, 0.1) is 29.6 Å². The summed E-state index contributed by atoms with van der Waals surface area (Å²) in [6.07, 6.45) is 9.50. The van der Waals surface area contributed by atoms with E-state index < -0.39 is 7.60 Å². The van der Waals surface area contributed by atoms with Gasteiger partial charge in [0.2, 0.25) is 0 Å². The van der Waals surface area contributed by atoms with E-state index in [1.54, 1.807) is 0 Å². The lowest BCUT2D eigenvalue weighted by molar-refractivity contribution is -0.0755. The highest BCUT2D eigenvalue weighted by Gasteiger charge is 2.48. The van der Waals surface area contributed by atoms with Gasteiger partial charge in [0.05, 0.1) is 17.2 Å². The molecule has 3 N–H and O–H groups in total. The minimum atomic E-state index is -4.17. The molecule has 0 spiro atoms. The molecule has 4 bridgehead atoms. The Bertz CT molecular complexity index is 1300. The maximum absolute atomic E-state index is 13.9. The van der Waals surface area contributed by atoms with E-state index in [-0.39, 0.29) is 30.1 Å². The van der Waals surface area contributed by atoms with E-state index in [4.69, 9.17) is 0 Å². The van der Waals surface area contributed by atoms with Crippen molar-refractivity contribution in [2.75, 3.05) is 18.0 Å². The van der Waals surface area contributed by atoms with Crippen molar-refractivity contribution in [1.82, 2.24) is 14.5 Å². The lowest BCUT2D eigenvalue weighted by Gasteiger charge is -2.57. The summed E-state index contributed by atoms with van der Waals surface area (Å²) >= 11 is 0. The van der Waals surface area contributed by atoms with Crippen LogP contribution in [0.5, 0.6) is 0 Å². The molecule has 214 valence electrons. The molecule has 3 heterocycles. The van der Waals surface area contributed by atoms with Crippen LogP contribution in [-0.4, -0.2) is 55.1 Å². The first kappa shape index (κ1) is 27.4. The zero-order valence-corrected chi connectivity index (χ0v) is 24.5. The maximum Gasteiger partial charge on any atom is 0.327 e. The summed E-state index contributed by atoms with van der Waals surface area (Å²) in [7, 11) is -4.17. The first-order chi connectivity index (χ1) is 18.6. The third-order valence-corrected chi connectivity index (χ3v) is 11.7. The fourth-order valence-electron chi connectivity index (χ4n) is 8.62. The van der Waals surface area contributed by atoms with Crippen molar-refractivity contribution >= 4 is 24.4 Å². The van der Waals surface area contributed by atoms with Gasteiger partial charge in [-0.3, -0.25) is 14.3 Å². The van der Waals surface area contributed by atoms with Gasteiger partial charge in [0.15, 0.2) is 5.82 Å². The van der Waals surface area contributed by atoms with Crippen LogP contribution in [0.3, 0.4) is 0 Å². The SMILES string of the molecule is CC1C[C@H](N2C3C[C@@H](n4c(=O)c(NCCP(=O)(O)O)nc5ccccc54)C[C@H]2CCC3C)CC2CC(C2)C1C. The number of aromatic nitrogens is 2. The standard InChI is InChI=1S/C30H45N4O4P/c1-18-8-9-23-16-25(17-28(18)33(23)24-12-19(2)20(3)22-13-21(14-22)15-24)34-27-7-5-4-6-26(27)32-29(30(34)35)31-10-11-39(36,37)38/h4-7,18-25,28H,8-17H2,1-3H3,(H,31,32)(H2,36,37,38)/t18?,19?,20?,21?,22?,23-,24+,25+,28?/m1/s1. The zero-order valence-electron chi connectivity index (χ0n) is 23.6. The fraction of sp³-hybridized carbons (Fsp3) is 0.733. The molecule has 9 heteroatoms. The highest BCUT2D eigenvalue weighted by atomic mass is 31.2. The molecule has 2 aromatic rings. The average molecular weight is 557 g/mol. The Balaban J connectivity index is 1.31. The summed E-state index contributed by atoms with van der Waals surface area (Å²) in [6, 6.07) is 9.46. The number of anilines is 1. The van der Waals surface area contributed by atoms with Crippen LogP contribution in [-0.2, 0) is 4.57 Å². The third kappa shape index (κ3) is 5.35. The minimum Gasteiger partial charge on any atom is -0.365 e. The van der Waals surface area contributed by atoms with Crippen molar-refractivity contribution in [2.45, 2.75) is 96.3 Å². The van der Waals surface area contributed by atoms with Crippen molar-refractivity contribution in [3.05, 3.63) is 34.6 Å². The van der Waals surface area contributed by atoms with E-state index in [0.29, 0.717) is 24.0 Å². The number of hydrogen-bond acceptors (Lipinski definition) is 5. The number of fused-ring (bicyclic) bond motifs is 8. The molecule has 0 radical (unpaired) electrons. The monoisotopic (exact) mass is 556 g/mol. The second-order valence-corrected chi connectivity index (χ2v) is 15.1. The number of nitrogens with zero attached hydrogens (tertiary/aromatic N) is 3. The zero-order chi connectivity index (χ0) is 27.5. The maximum atomic E-state index is 13.9. The molecule has 4 unspecified atom stereocenters. The van der Waals surface area contributed by atoms with Crippen LogP contribution in [0.15, 0.2) is 29.1 Å². The quantitative estimate of drug-likeness (QED) is 0.417. The largest absolute Gasteiger partial charge is 0.365 e. The summed E-state index contributed by atoms with van der Waals surface area (Å²) in [5.74, 6) is 4.18. The van der Waals surface area contributed by atoms with Crippen LogP contribution in [0.2, 0.25) is 0 Å². The van der Waals surface area contributed by atoms with Crippen LogP contribution >= 0.6 is 7.60 Å². The number of piperidine rings is 2. The van der Waals surface area contributed by atoms with Gasteiger partial charge in [-0.05, 0) is 93.1 Å². The molecule has 39 heavy (non-hydrogen) atoms. The summed E-state index contributed by atoms with van der Waals surface area (Å²) < 4.78 is 13.3. The topological polar surface area (TPSA) is 108 Å².